The first-order valence-corrected chi connectivity index (χ1v) is 8.17. The van der Waals surface area contributed by atoms with E-state index in [9.17, 15) is 18.0 Å². The fourth-order valence-electron chi connectivity index (χ4n) is 2.24. The van der Waals surface area contributed by atoms with Gasteiger partial charge in [0, 0.05) is 4.47 Å². The van der Waals surface area contributed by atoms with Gasteiger partial charge in [0.1, 0.15) is 12.6 Å². The molecular weight excluding hydrogens is 387 g/mol. The van der Waals surface area contributed by atoms with Crippen LogP contribution >= 0.6 is 15.9 Å². The molecule has 0 aliphatic heterocycles. The number of carbonyl (C=O) groups excluding carboxylic acids is 1. The van der Waals surface area contributed by atoms with Gasteiger partial charge in [0.25, 0.3) is 0 Å². The fourth-order valence-corrected chi connectivity index (χ4v) is 2.66. The van der Waals surface area contributed by atoms with Gasteiger partial charge in [-0.25, -0.2) is 0 Å². The lowest BCUT2D eigenvalue weighted by atomic mass is 9.99. The molecule has 1 aromatic rings. The summed E-state index contributed by atoms with van der Waals surface area (Å²) in [5, 5.41) is 13.3. The topological polar surface area (TPSA) is 64.9 Å². The molecule has 0 aromatic heterocycles. The van der Waals surface area contributed by atoms with Gasteiger partial charge >= 0.3 is 6.18 Å². The number of rotatable bonds is 7. The van der Waals surface area contributed by atoms with Crippen molar-refractivity contribution in [2.75, 3.05) is 6.54 Å². The molecule has 1 amide bonds. The third-order valence-corrected chi connectivity index (χ3v) is 3.74. The number of nitrogens with one attached hydrogen (secondary N) is 2. The first-order chi connectivity index (χ1) is 11.1. The summed E-state index contributed by atoms with van der Waals surface area (Å²) in [5.41, 5.74) is 0.0127. The Morgan fingerprint density at radius 3 is 2.54 bits per heavy atom. The first-order valence-electron chi connectivity index (χ1n) is 7.38. The molecule has 0 aliphatic carbocycles. The largest absolute Gasteiger partial charge is 0.407 e. The minimum absolute atomic E-state index is 0.00623. The predicted octanol–water partition coefficient (Wildman–Crippen LogP) is 3.70. The number of hydrogen-bond donors (Lipinski definition) is 2. The molecule has 1 rings (SSSR count). The number of nitrogens with zero attached hydrogens (tertiary/aromatic N) is 1. The highest BCUT2D eigenvalue weighted by atomic mass is 79.9. The van der Waals surface area contributed by atoms with Gasteiger partial charge in [0.2, 0.25) is 5.91 Å². The molecule has 0 spiro atoms. The van der Waals surface area contributed by atoms with E-state index in [0.717, 1.165) is 0 Å². The van der Waals surface area contributed by atoms with E-state index in [4.69, 9.17) is 5.26 Å². The molecule has 0 aliphatic rings. The molecule has 0 heterocycles. The van der Waals surface area contributed by atoms with Crippen LogP contribution in [0.25, 0.3) is 0 Å². The number of alkyl halides is 3. The van der Waals surface area contributed by atoms with E-state index in [2.05, 4.69) is 26.6 Å². The average Bonchev–Trinajstić information content (AvgIpc) is 2.47. The lowest BCUT2D eigenvalue weighted by Gasteiger charge is -2.28. The van der Waals surface area contributed by atoms with Crippen molar-refractivity contribution in [3.63, 3.8) is 0 Å². The zero-order chi connectivity index (χ0) is 18.3. The summed E-state index contributed by atoms with van der Waals surface area (Å²) in [6.07, 6.45) is -4.34. The molecule has 0 saturated heterocycles. The second-order valence-corrected chi connectivity index (χ2v) is 6.67. The van der Waals surface area contributed by atoms with Gasteiger partial charge in [0.05, 0.1) is 12.1 Å². The van der Waals surface area contributed by atoms with Crippen LogP contribution in [0.3, 0.4) is 0 Å². The van der Waals surface area contributed by atoms with Crippen LogP contribution in [0.5, 0.6) is 0 Å². The van der Waals surface area contributed by atoms with Crippen LogP contribution in [0.2, 0.25) is 0 Å². The Balaban J connectivity index is 3.07. The smallest absolute Gasteiger partial charge is 0.342 e. The van der Waals surface area contributed by atoms with Crippen LogP contribution < -0.4 is 10.6 Å². The van der Waals surface area contributed by atoms with Crippen LogP contribution in [-0.4, -0.2) is 24.7 Å². The normalized spacial score (nSPS) is 14.1. The van der Waals surface area contributed by atoms with E-state index >= 15 is 0 Å². The van der Waals surface area contributed by atoms with E-state index < -0.39 is 24.2 Å². The van der Waals surface area contributed by atoms with Gasteiger partial charge in [-0.3, -0.25) is 10.1 Å². The molecule has 2 atom stereocenters. The maximum atomic E-state index is 13.5. The molecule has 132 valence electrons. The van der Waals surface area contributed by atoms with Gasteiger partial charge in [-0.15, -0.1) is 0 Å². The lowest BCUT2D eigenvalue weighted by molar-refractivity contribution is -0.161. The molecule has 1 aromatic carbocycles. The number of carbonyl (C=O) groups is 1. The van der Waals surface area contributed by atoms with E-state index in [1.807, 2.05) is 13.8 Å². The van der Waals surface area contributed by atoms with Gasteiger partial charge in [-0.2, -0.15) is 18.4 Å². The molecule has 0 fully saturated rings. The number of benzene rings is 1. The highest BCUT2D eigenvalue weighted by molar-refractivity contribution is 9.10. The van der Waals surface area contributed by atoms with Gasteiger partial charge in [-0.1, -0.05) is 41.9 Å². The van der Waals surface area contributed by atoms with Crippen molar-refractivity contribution >= 4 is 21.8 Å². The summed E-state index contributed by atoms with van der Waals surface area (Å²) >= 11 is 3.16. The van der Waals surface area contributed by atoms with Crippen molar-refractivity contribution in [3.8, 4) is 6.07 Å². The Kier molecular flexibility index (Phi) is 7.70. The number of nitriles is 1. The third kappa shape index (κ3) is 6.49. The molecule has 0 radical (unpaired) electrons. The number of halogens is 4. The van der Waals surface area contributed by atoms with Crippen molar-refractivity contribution in [1.29, 1.82) is 5.26 Å². The lowest BCUT2D eigenvalue weighted by Crippen LogP contribution is -2.49. The Morgan fingerprint density at radius 2 is 2.04 bits per heavy atom. The van der Waals surface area contributed by atoms with E-state index in [-0.39, 0.29) is 24.4 Å². The van der Waals surface area contributed by atoms with Crippen molar-refractivity contribution in [2.45, 2.75) is 38.5 Å². The third-order valence-electron chi connectivity index (χ3n) is 3.24. The molecule has 2 N–H and O–H groups in total. The molecule has 0 unspecified atom stereocenters. The van der Waals surface area contributed by atoms with Crippen LogP contribution in [0.1, 0.15) is 31.9 Å². The van der Waals surface area contributed by atoms with Crippen LogP contribution in [0, 0.1) is 17.2 Å². The molecule has 0 saturated carbocycles. The van der Waals surface area contributed by atoms with Gasteiger partial charge in [0.15, 0.2) is 0 Å². The highest BCUT2D eigenvalue weighted by Crippen LogP contribution is 2.34. The Labute approximate surface area is 147 Å². The van der Waals surface area contributed by atoms with Crippen LogP contribution in [-0.2, 0) is 4.79 Å². The first kappa shape index (κ1) is 20.5. The Hall–Kier alpha value is -1.59. The monoisotopic (exact) mass is 405 g/mol. The SMILES string of the molecule is CC(C)C[C@H](N[C@@H](c1cccc(Br)c1)C(F)(F)F)C(=O)NCC#N. The summed E-state index contributed by atoms with van der Waals surface area (Å²) in [4.78, 5) is 12.1. The van der Waals surface area contributed by atoms with Crippen molar-refractivity contribution in [1.82, 2.24) is 10.6 Å². The Morgan fingerprint density at radius 1 is 1.38 bits per heavy atom. The minimum atomic E-state index is -4.56. The zero-order valence-corrected chi connectivity index (χ0v) is 14.9. The standard InChI is InChI=1S/C16H19BrF3N3O/c1-10(2)8-13(15(24)22-7-6-21)23-14(16(18,19)20)11-4-3-5-12(17)9-11/h3-5,9-10,13-14,23H,7-8H2,1-2H3,(H,22,24)/t13-,14-/m0/s1. The van der Waals surface area contributed by atoms with Crippen molar-refractivity contribution < 1.29 is 18.0 Å². The molecule has 8 heteroatoms. The highest BCUT2D eigenvalue weighted by Gasteiger charge is 2.42. The zero-order valence-electron chi connectivity index (χ0n) is 13.3. The van der Waals surface area contributed by atoms with Crippen LogP contribution in [0.4, 0.5) is 13.2 Å². The quantitative estimate of drug-likeness (QED) is 0.679. The molecular formula is C16H19BrF3N3O. The number of hydrogen-bond acceptors (Lipinski definition) is 3. The fraction of sp³-hybridized carbons (Fsp3) is 0.500. The molecule has 0 bridgehead atoms. The van der Waals surface area contributed by atoms with E-state index in [1.54, 1.807) is 12.1 Å². The minimum Gasteiger partial charge on any atom is -0.342 e. The second kappa shape index (κ2) is 9.04. The summed E-state index contributed by atoms with van der Waals surface area (Å²) in [6.45, 7) is 3.38. The van der Waals surface area contributed by atoms with Gasteiger partial charge in [-0.05, 0) is 30.0 Å². The summed E-state index contributed by atoms with van der Waals surface area (Å²) in [7, 11) is 0. The summed E-state index contributed by atoms with van der Waals surface area (Å²) < 4.78 is 41.0. The van der Waals surface area contributed by atoms with Crippen molar-refractivity contribution in [3.05, 3.63) is 34.3 Å². The maximum absolute atomic E-state index is 13.5. The summed E-state index contributed by atoms with van der Waals surface area (Å²) in [6, 6.07) is 4.57. The van der Waals surface area contributed by atoms with Crippen molar-refractivity contribution in [2.24, 2.45) is 5.92 Å². The molecule has 24 heavy (non-hydrogen) atoms. The van der Waals surface area contributed by atoms with E-state index in [1.165, 1.54) is 18.2 Å². The second-order valence-electron chi connectivity index (χ2n) is 5.75. The number of amides is 1. The molecule has 4 nitrogen and oxygen atoms in total. The van der Waals surface area contributed by atoms with E-state index in [0.29, 0.717) is 4.47 Å². The van der Waals surface area contributed by atoms with Crippen LogP contribution in [0.15, 0.2) is 28.7 Å². The average molecular weight is 406 g/mol. The maximum Gasteiger partial charge on any atom is 0.407 e. The Bertz CT molecular complexity index is 599. The van der Waals surface area contributed by atoms with Gasteiger partial charge < -0.3 is 5.32 Å². The predicted molar refractivity (Wildman–Crippen MR) is 87.9 cm³/mol. The summed E-state index contributed by atoms with van der Waals surface area (Å²) in [5.74, 6) is -0.610.